The fourth-order valence-corrected chi connectivity index (χ4v) is 1.57. The van der Waals surface area contributed by atoms with Gasteiger partial charge in [0.15, 0.2) is 5.54 Å². The molecule has 16 heavy (non-hydrogen) atoms. The Kier molecular flexibility index (Phi) is 3.73. The first-order valence-electron chi connectivity index (χ1n) is 5.61. The van der Waals surface area contributed by atoms with E-state index in [-0.39, 0.29) is 0 Å². The fourth-order valence-electron chi connectivity index (χ4n) is 1.57. The van der Waals surface area contributed by atoms with E-state index in [1.807, 2.05) is 6.92 Å². The summed E-state index contributed by atoms with van der Waals surface area (Å²) >= 11 is 0. The second-order valence-electron chi connectivity index (χ2n) is 4.97. The summed E-state index contributed by atoms with van der Waals surface area (Å²) in [5, 5.41) is 13.5. The maximum absolute atomic E-state index is 11.4. The smallest absolute Gasteiger partial charge is 0.331 e. The van der Waals surface area contributed by atoms with Gasteiger partial charge in [0.05, 0.1) is 6.20 Å². The van der Waals surface area contributed by atoms with E-state index < -0.39 is 11.5 Å². The van der Waals surface area contributed by atoms with Crippen LogP contribution >= 0.6 is 0 Å². The maximum atomic E-state index is 11.4. The molecule has 0 aromatic carbocycles. The number of rotatable bonds is 5. The maximum Gasteiger partial charge on any atom is 0.331 e. The zero-order valence-electron chi connectivity index (χ0n) is 10.4. The summed E-state index contributed by atoms with van der Waals surface area (Å²) in [7, 11) is 0. The van der Waals surface area contributed by atoms with Gasteiger partial charge in [0.2, 0.25) is 0 Å². The molecule has 90 valence electrons. The molecule has 1 aromatic heterocycles. The molecule has 1 rings (SSSR count). The van der Waals surface area contributed by atoms with Crippen LogP contribution < -0.4 is 0 Å². The quantitative estimate of drug-likeness (QED) is 0.835. The topological polar surface area (TPSA) is 55.1 Å². The average Bonchev–Trinajstić information content (AvgIpc) is 2.61. The Morgan fingerprint density at radius 1 is 1.62 bits per heavy atom. The first kappa shape index (κ1) is 12.7. The van der Waals surface area contributed by atoms with Crippen LogP contribution in [0.1, 0.15) is 39.2 Å². The third kappa shape index (κ3) is 2.62. The largest absolute Gasteiger partial charge is 0.479 e. The molecule has 0 saturated heterocycles. The molecule has 1 heterocycles. The second-order valence-corrected chi connectivity index (χ2v) is 4.97. The van der Waals surface area contributed by atoms with Crippen LogP contribution in [0.3, 0.4) is 0 Å². The summed E-state index contributed by atoms with van der Waals surface area (Å²) in [6, 6.07) is 0. The highest BCUT2D eigenvalue weighted by Gasteiger charge is 2.35. The second kappa shape index (κ2) is 4.68. The van der Waals surface area contributed by atoms with Crippen molar-refractivity contribution in [3.63, 3.8) is 0 Å². The summed E-state index contributed by atoms with van der Waals surface area (Å²) in [5.41, 5.74) is 0.0513. The lowest BCUT2D eigenvalue weighted by Gasteiger charge is -2.26. The Morgan fingerprint density at radius 2 is 2.25 bits per heavy atom. The zero-order chi connectivity index (χ0) is 12.3. The molecule has 0 aliphatic carbocycles. The summed E-state index contributed by atoms with van der Waals surface area (Å²) in [6.45, 7) is 7.82. The molecule has 1 unspecified atom stereocenters. The SMILES string of the molecule is Cc1cnn(C(C)(CCC(C)C)C(=O)O)c1. The third-order valence-electron chi connectivity index (χ3n) is 2.89. The highest BCUT2D eigenvalue weighted by Crippen LogP contribution is 2.24. The van der Waals surface area contributed by atoms with Gasteiger partial charge in [-0.2, -0.15) is 5.10 Å². The van der Waals surface area contributed by atoms with E-state index in [0.717, 1.165) is 12.0 Å². The van der Waals surface area contributed by atoms with Gasteiger partial charge in [0, 0.05) is 6.20 Å². The Labute approximate surface area is 96.3 Å². The van der Waals surface area contributed by atoms with Gasteiger partial charge in [-0.25, -0.2) is 4.79 Å². The van der Waals surface area contributed by atoms with Crippen LogP contribution in [-0.2, 0) is 10.3 Å². The van der Waals surface area contributed by atoms with Gasteiger partial charge < -0.3 is 5.11 Å². The number of carboxylic acid groups (broad SMARTS) is 1. The van der Waals surface area contributed by atoms with Crippen molar-refractivity contribution in [2.75, 3.05) is 0 Å². The molecule has 0 fully saturated rings. The first-order chi connectivity index (χ1) is 7.36. The number of carboxylic acids is 1. The lowest BCUT2D eigenvalue weighted by atomic mass is 9.92. The number of aryl methyl sites for hydroxylation is 1. The number of hydrogen-bond acceptors (Lipinski definition) is 2. The minimum Gasteiger partial charge on any atom is -0.479 e. The number of carbonyl (C=O) groups is 1. The summed E-state index contributed by atoms with van der Waals surface area (Å²) in [6.07, 6.45) is 4.95. The van der Waals surface area contributed by atoms with Crippen LogP contribution in [0.25, 0.3) is 0 Å². The first-order valence-corrected chi connectivity index (χ1v) is 5.61. The Morgan fingerprint density at radius 3 is 2.62 bits per heavy atom. The van der Waals surface area contributed by atoms with Gasteiger partial charge >= 0.3 is 5.97 Å². The summed E-state index contributed by atoms with van der Waals surface area (Å²) < 4.78 is 1.56. The minimum absolute atomic E-state index is 0.496. The molecule has 0 radical (unpaired) electrons. The highest BCUT2D eigenvalue weighted by molar-refractivity contribution is 5.76. The van der Waals surface area contributed by atoms with Crippen LogP contribution in [-0.4, -0.2) is 20.9 Å². The third-order valence-corrected chi connectivity index (χ3v) is 2.89. The van der Waals surface area contributed by atoms with Gasteiger partial charge in [0.25, 0.3) is 0 Å². The van der Waals surface area contributed by atoms with Crippen molar-refractivity contribution >= 4 is 5.97 Å². The lowest BCUT2D eigenvalue weighted by molar-refractivity contribution is -0.147. The number of nitrogens with zero attached hydrogens (tertiary/aromatic N) is 2. The van der Waals surface area contributed by atoms with Crippen molar-refractivity contribution in [3.8, 4) is 0 Å². The van der Waals surface area contributed by atoms with Crippen molar-refractivity contribution < 1.29 is 9.90 Å². The lowest BCUT2D eigenvalue weighted by Crippen LogP contribution is -2.39. The minimum atomic E-state index is -0.932. The van der Waals surface area contributed by atoms with E-state index in [2.05, 4.69) is 18.9 Å². The summed E-state index contributed by atoms with van der Waals surface area (Å²) in [4.78, 5) is 11.4. The predicted octanol–water partition coefficient (Wildman–Crippen LogP) is 2.43. The molecule has 4 heteroatoms. The van der Waals surface area contributed by atoms with Gasteiger partial charge in [-0.15, -0.1) is 0 Å². The van der Waals surface area contributed by atoms with Gasteiger partial charge in [-0.3, -0.25) is 4.68 Å². The molecule has 1 atom stereocenters. The summed E-state index contributed by atoms with van der Waals surface area (Å²) in [5.74, 6) is -0.327. The van der Waals surface area contributed by atoms with Crippen molar-refractivity contribution in [1.82, 2.24) is 9.78 Å². The Hall–Kier alpha value is -1.32. The Balaban J connectivity index is 2.92. The van der Waals surface area contributed by atoms with Crippen molar-refractivity contribution in [1.29, 1.82) is 0 Å². The standard InChI is InChI=1S/C12H20N2O2/c1-9(2)5-6-12(4,11(15)16)14-8-10(3)7-13-14/h7-9H,5-6H2,1-4H3,(H,15,16). The van der Waals surface area contributed by atoms with E-state index >= 15 is 0 Å². The van der Waals surface area contributed by atoms with Crippen LogP contribution in [0.15, 0.2) is 12.4 Å². The predicted molar refractivity (Wildman–Crippen MR) is 62.3 cm³/mol. The fraction of sp³-hybridized carbons (Fsp3) is 0.667. The van der Waals surface area contributed by atoms with Crippen LogP contribution in [0.4, 0.5) is 0 Å². The van der Waals surface area contributed by atoms with E-state index in [1.165, 1.54) is 0 Å². The normalized spacial score (nSPS) is 15.1. The number of aromatic nitrogens is 2. The van der Waals surface area contributed by atoms with E-state index in [1.54, 1.807) is 24.0 Å². The molecule has 0 aliphatic rings. The highest BCUT2D eigenvalue weighted by atomic mass is 16.4. The average molecular weight is 224 g/mol. The monoisotopic (exact) mass is 224 g/mol. The van der Waals surface area contributed by atoms with E-state index in [9.17, 15) is 9.90 Å². The van der Waals surface area contributed by atoms with E-state index in [4.69, 9.17) is 0 Å². The van der Waals surface area contributed by atoms with Crippen molar-refractivity contribution in [2.45, 2.75) is 46.1 Å². The molecule has 0 aliphatic heterocycles. The Bertz CT molecular complexity index is 371. The molecular weight excluding hydrogens is 204 g/mol. The molecule has 4 nitrogen and oxygen atoms in total. The van der Waals surface area contributed by atoms with Crippen LogP contribution in [0.2, 0.25) is 0 Å². The number of aliphatic carboxylic acids is 1. The zero-order valence-corrected chi connectivity index (χ0v) is 10.4. The van der Waals surface area contributed by atoms with Gasteiger partial charge in [-0.05, 0) is 38.2 Å². The van der Waals surface area contributed by atoms with Crippen LogP contribution in [0, 0.1) is 12.8 Å². The van der Waals surface area contributed by atoms with E-state index in [0.29, 0.717) is 12.3 Å². The number of hydrogen-bond donors (Lipinski definition) is 1. The molecular formula is C12H20N2O2. The van der Waals surface area contributed by atoms with Gasteiger partial charge in [0.1, 0.15) is 0 Å². The van der Waals surface area contributed by atoms with Crippen LogP contribution in [0.5, 0.6) is 0 Å². The molecule has 0 bridgehead atoms. The molecule has 0 spiro atoms. The molecule has 1 N–H and O–H groups in total. The molecule has 0 saturated carbocycles. The van der Waals surface area contributed by atoms with Crippen molar-refractivity contribution in [2.24, 2.45) is 5.92 Å². The van der Waals surface area contributed by atoms with Gasteiger partial charge in [-0.1, -0.05) is 13.8 Å². The molecule has 0 amide bonds. The van der Waals surface area contributed by atoms with Crippen molar-refractivity contribution in [3.05, 3.63) is 18.0 Å². The molecule has 1 aromatic rings.